The van der Waals surface area contributed by atoms with E-state index in [0.717, 1.165) is 33.6 Å². The fourth-order valence-electron chi connectivity index (χ4n) is 2.70. The van der Waals surface area contributed by atoms with Crippen LogP contribution in [0.5, 0.6) is 0 Å². The highest BCUT2D eigenvalue weighted by Crippen LogP contribution is 2.21. The highest BCUT2D eigenvalue weighted by Gasteiger charge is 2.26. The van der Waals surface area contributed by atoms with E-state index < -0.39 is 39.2 Å². The number of aryl methyl sites for hydroxylation is 1. The monoisotopic (exact) mass is 436 g/mol. The molecule has 0 saturated carbocycles. The molecule has 0 radical (unpaired) electrons. The standard InChI is InChI=1S/C21H25FN2O5S/c1-4-24(5-2)30(27,28)19-12-17(10-11-18(19)22)21(26)29-14-20(25)23-13-16-8-6-15(3)7-9-16/h6-12H,4-5,13-14H2,1-3H3,(H,23,25). The fourth-order valence-corrected chi connectivity index (χ4v) is 4.25. The van der Waals surface area contributed by atoms with Crippen LogP contribution in [0.2, 0.25) is 0 Å². The Morgan fingerprint density at radius 1 is 1.07 bits per heavy atom. The van der Waals surface area contributed by atoms with E-state index >= 15 is 0 Å². The summed E-state index contributed by atoms with van der Waals surface area (Å²) in [6, 6.07) is 10.5. The van der Waals surface area contributed by atoms with Gasteiger partial charge in [0.2, 0.25) is 10.0 Å². The maximum absolute atomic E-state index is 14.1. The van der Waals surface area contributed by atoms with Crippen molar-refractivity contribution in [2.75, 3.05) is 19.7 Å². The van der Waals surface area contributed by atoms with Crippen molar-refractivity contribution in [2.24, 2.45) is 0 Å². The van der Waals surface area contributed by atoms with E-state index in [1.807, 2.05) is 31.2 Å². The number of carbonyl (C=O) groups is 2. The van der Waals surface area contributed by atoms with Crippen molar-refractivity contribution in [3.8, 4) is 0 Å². The Morgan fingerprint density at radius 2 is 1.70 bits per heavy atom. The molecule has 0 bridgehead atoms. The average Bonchev–Trinajstić information content (AvgIpc) is 2.72. The lowest BCUT2D eigenvalue weighted by Gasteiger charge is -2.19. The molecule has 0 aromatic heterocycles. The third kappa shape index (κ3) is 5.87. The highest BCUT2D eigenvalue weighted by molar-refractivity contribution is 7.89. The molecule has 1 N–H and O–H groups in total. The molecular weight excluding hydrogens is 411 g/mol. The van der Waals surface area contributed by atoms with Crippen LogP contribution in [0.1, 0.15) is 35.3 Å². The quantitative estimate of drug-likeness (QED) is 0.610. The molecule has 0 saturated heterocycles. The maximum Gasteiger partial charge on any atom is 0.338 e. The summed E-state index contributed by atoms with van der Waals surface area (Å²) in [6.07, 6.45) is 0. The van der Waals surface area contributed by atoms with E-state index in [1.54, 1.807) is 13.8 Å². The Labute approximate surface area is 175 Å². The molecule has 0 unspecified atom stereocenters. The second kappa shape index (κ2) is 10.3. The number of hydrogen-bond acceptors (Lipinski definition) is 5. The topological polar surface area (TPSA) is 92.8 Å². The number of amides is 1. The molecule has 0 aliphatic carbocycles. The van der Waals surface area contributed by atoms with Gasteiger partial charge in [0.1, 0.15) is 10.7 Å². The second-order valence-electron chi connectivity index (χ2n) is 6.57. The summed E-state index contributed by atoms with van der Waals surface area (Å²) < 4.78 is 45.3. The van der Waals surface area contributed by atoms with Gasteiger partial charge >= 0.3 is 5.97 Å². The number of benzene rings is 2. The Bertz CT molecular complexity index is 1000. The van der Waals surface area contributed by atoms with Gasteiger partial charge in [-0.25, -0.2) is 17.6 Å². The normalized spacial score (nSPS) is 11.4. The first-order valence-corrected chi connectivity index (χ1v) is 10.9. The summed E-state index contributed by atoms with van der Waals surface area (Å²) in [4.78, 5) is 23.5. The average molecular weight is 437 g/mol. The minimum Gasteiger partial charge on any atom is -0.452 e. The number of sulfonamides is 1. The largest absolute Gasteiger partial charge is 0.452 e. The van der Waals surface area contributed by atoms with Gasteiger partial charge in [-0.3, -0.25) is 4.79 Å². The Morgan fingerprint density at radius 3 is 2.30 bits per heavy atom. The van der Waals surface area contributed by atoms with Crippen molar-refractivity contribution >= 4 is 21.9 Å². The Hall–Kier alpha value is -2.78. The third-order valence-electron chi connectivity index (χ3n) is 4.43. The number of rotatable bonds is 9. The fraction of sp³-hybridized carbons (Fsp3) is 0.333. The van der Waals surface area contributed by atoms with E-state index in [1.165, 1.54) is 0 Å². The van der Waals surface area contributed by atoms with Crippen molar-refractivity contribution < 1.29 is 27.1 Å². The van der Waals surface area contributed by atoms with Crippen LogP contribution in [0.4, 0.5) is 4.39 Å². The summed E-state index contributed by atoms with van der Waals surface area (Å²) in [5.41, 5.74) is 1.83. The molecule has 0 aliphatic rings. The lowest BCUT2D eigenvalue weighted by molar-refractivity contribution is -0.124. The Balaban J connectivity index is 2.01. The number of nitrogens with zero attached hydrogens (tertiary/aromatic N) is 1. The van der Waals surface area contributed by atoms with Crippen LogP contribution in [0, 0.1) is 12.7 Å². The summed E-state index contributed by atoms with van der Waals surface area (Å²) in [5, 5.41) is 2.62. The molecule has 9 heteroatoms. The summed E-state index contributed by atoms with van der Waals surface area (Å²) >= 11 is 0. The zero-order valence-electron chi connectivity index (χ0n) is 17.1. The van der Waals surface area contributed by atoms with Gasteiger partial charge in [-0.1, -0.05) is 43.7 Å². The van der Waals surface area contributed by atoms with E-state index in [0.29, 0.717) is 0 Å². The molecule has 162 valence electrons. The molecule has 1 amide bonds. The van der Waals surface area contributed by atoms with E-state index in [9.17, 15) is 22.4 Å². The lowest BCUT2D eigenvalue weighted by Crippen LogP contribution is -2.31. The first kappa shape index (κ1) is 23.5. The van der Waals surface area contributed by atoms with Crippen molar-refractivity contribution in [3.05, 3.63) is 65.0 Å². The molecule has 0 heterocycles. The molecule has 7 nitrogen and oxygen atoms in total. The number of carbonyl (C=O) groups excluding carboxylic acids is 2. The summed E-state index contributed by atoms with van der Waals surface area (Å²) in [7, 11) is -4.09. The second-order valence-corrected chi connectivity index (χ2v) is 8.48. The molecule has 2 rings (SSSR count). The van der Waals surface area contributed by atoms with Gasteiger partial charge in [-0.2, -0.15) is 4.31 Å². The SMILES string of the molecule is CCN(CC)S(=O)(=O)c1cc(C(=O)OCC(=O)NCc2ccc(C)cc2)ccc1F. The van der Waals surface area contributed by atoms with Crippen LogP contribution in [-0.4, -0.2) is 44.3 Å². The van der Waals surface area contributed by atoms with Crippen LogP contribution >= 0.6 is 0 Å². The van der Waals surface area contributed by atoms with Gasteiger partial charge in [0, 0.05) is 19.6 Å². The van der Waals surface area contributed by atoms with E-state index in [-0.39, 0.29) is 25.2 Å². The molecule has 0 atom stereocenters. The molecule has 0 fully saturated rings. The smallest absolute Gasteiger partial charge is 0.338 e. The zero-order valence-corrected chi connectivity index (χ0v) is 18.0. The van der Waals surface area contributed by atoms with Crippen molar-refractivity contribution in [1.29, 1.82) is 0 Å². The van der Waals surface area contributed by atoms with E-state index in [4.69, 9.17) is 4.74 Å². The summed E-state index contributed by atoms with van der Waals surface area (Å²) in [6.45, 7) is 5.27. The molecular formula is C21H25FN2O5S. The van der Waals surface area contributed by atoms with Gasteiger partial charge in [-0.05, 0) is 30.7 Å². The van der Waals surface area contributed by atoms with Crippen molar-refractivity contribution in [3.63, 3.8) is 0 Å². The van der Waals surface area contributed by atoms with Crippen LogP contribution in [-0.2, 0) is 26.1 Å². The first-order chi connectivity index (χ1) is 14.2. The maximum atomic E-state index is 14.1. The lowest BCUT2D eigenvalue weighted by atomic mass is 10.1. The van der Waals surface area contributed by atoms with Crippen LogP contribution in [0.3, 0.4) is 0 Å². The minimum atomic E-state index is -4.09. The number of nitrogens with one attached hydrogen (secondary N) is 1. The van der Waals surface area contributed by atoms with Crippen LogP contribution in [0.15, 0.2) is 47.4 Å². The Kier molecular flexibility index (Phi) is 8.08. The molecule has 2 aromatic carbocycles. The predicted octanol–water partition coefficient (Wildman–Crippen LogP) is 2.64. The van der Waals surface area contributed by atoms with Gasteiger partial charge < -0.3 is 10.1 Å². The van der Waals surface area contributed by atoms with Crippen LogP contribution in [0.25, 0.3) is 0 Å². The number of esters is 1. The highest BCUT2D eigenvalue weighted by atomic mass is 32.2. The van der Waals surface area contributed by atoms with Gasteiger partial charge in [0.05, 0.1) is 5.56 Å². The minimum absolute atomic E-state index is 0.159. The molecule has 2 aromatic rings. The zero-order chi connectivity index (χ0) is 22.3. The molecule has 30 heavy (non-hydrogen) atoms. The van der Waals surface area contributed by atoms with Gasteiger partial charge in [-0.15, -0.1) is 0 Å². The van der Waals surface area contributed by atoms with Crippen molar-refractivity contribution in [1.82, 2.24) is 9.62 Å². The van der Waals surface area contributed by atoms with Gasteiger partial charge in [0.15, 0.2) is 6.61 Å². The van der Waals surface area contributed by atoms with E-state index in [2.05, 4.69) is 5.32 Å². The number of ether oxygens (including phenoxy) is 1. The third-order valence-corrected chi connectivity index (χ3v) is 6.50. The van der Waals surface area contributed by atoms with Gasteiger partial charge in [0.25, 0.3) is 5.91 Å². The molecule has 0 aliphatic heterocycles. The van der Waals surface area contributed by atoms with Crippen molar-refractivity contribution in [2.45, 2.75) is 32.2 Å². The first-order valence-electron chi connectivity index (χ1n) is 9.48. The molecule has 0 spiro atoms. The van der Waals surface area contributed by atoms with Crippen LogP contribution < -0.4 is 5.32 Å². The predicted molar refractivity (Wildman–Crippen MR) is 110 cm³/mol. The number of halogens is 1. The number of hydrogen-bond donors (Lipinski definition) is 1. The summed E-state index contributed by atoms with van der Waals surface area (Å²) in [5.74, 6) is -2.40.